The van der Waals surface area contributed by atoms with Crippen molar-refractivity contribution in [1.29, 1.82) is 0 Å². The second-order valence-corrected chi connectivity index (χ2v) is 7.28. The molecule has 8 heteroatoms. The van der Waals surface area contributed by atoms with E-state index in [1.165, 1.54) is 6.40 Å². The Morgan fingerprint density at radius 1 is 1.20 bits per heavy atom. The zero-order chi connectivity index (χ0) is 20.9. The minimum Gasteiger partial charge on any atom is -0.446 e. The fourth-order valence-corrected chi connectivity index (χ4v) is 3.69. The van der Waals surface area contributed by atoms with Gasteiger partial charge in [0.05, 0.1) is 18.3 Å². The Bertz CT molecular complexity index is 1010. The number of aromatic amines is 1. The third kappa shape index (κ3) is 4.60. The van der Waals surface area contributed by atoms with Gasteiger partial charge >= 0.3 is 0 Å². The molecule has 0 amide bonds. The third-order valence-electron chi connectivity index (χ3n) is 5.38. The fraction of sp³-hybridized carbons (Fsp3) is 0.364. The quantitative estimate of drug-likeness (QED) is 0.441. The molecule has 157 valence electrons. The van der Waals surface area contributed by atoms with Crippen LogP contribution in [0.1, 0.15) is 19.4 Å². The summed E-state index contributed by atoms with van der Waals surface area (Å²) >= 11 is 0. The molecule has 2 aromatic carbocycles. The van der Waals surface area contributed by atoms with Crippen molar-refractivity contribution in [1.82, 2.24) is 20.3 Å². The number of benzene rings is 2. The van der Waals surface area contributed by atoms with Gasteiger partial charge in [0.15, 0.2) is 6.40 Å². The molecule has 0 saturated carbocycles. The Morgan fingerprint density at radius 2 is 2.03 bits per heavy atom. The molecule has 0 aliphatic carbocycles. The van der Waals surface area contributed by atoms with Crippen LogP contribution in [-0.4, -0.2) is 64.1 Å². The van der Waals surface area contributed by atoms with Crippen LogP contribution in [0.15, 0.2) is 41.4 Å². The second kappa shape index (κ2) is 9.23. The molecular formula is C22H27N6O2. The van der Waals surface area contributed by atoms with Gasteiger partial charge in [-0.05, 0) is 55.1 Å². The number of fused-ring (bicyclic) bond motifs is 2. The van der Waals surface area contributed by atoms with Gasteiger partial charge in [0.1, 0.15) is 16.8 Å². The number of rotatable bonds is 8. The molecule has 2 N–H and O–H groups in total. The van der Waals surface area contributed by atoms with Gasteiger partial charge in [-0.1, -0.05) is 13.8 Å². The van der Waals surface area contributed by atoms with E-state index >= 15 is 0 Å². The standard InChI is InChI=1S/C22H27N6O2/c1-3-27(4-2)9-10-28-14-18(29)11-16-12-19(6-8-22(16)28)30-15-23-17-5-7-20-21(13-17)25-26-24-20/h5-8,12-15,18,29H,3-4,9-11H2,1-2H3,(H,24,25,26). The van der Waals surface area contributed by atoms with Crippen molar-refractivity contribution in [3.05, 3.63) is 48.5 Å². The van der Waals surface area contributed by atoms with Gasteiger partial charge in [-0.3, -0.25) is 0 Å². The summed E-state index contributed by atoms with van der Waals surface area (Å²) in [5.74, 6) is 0.692. The Kier molecular flexibility index (Phi) is 6.25. The zero-order valence-electron chi connectivity index (χ0n) is 17.3. The van der Waals surface area contributed by atoms with Crippen LogP contribution in [0.3, 0.4) is 0 Å². The highest BCUT2D eigenvalue weighted by Crippen LogP contribution is 2.32. The monoisotopic (exact) mass is 407 g/mol. The molecule has 30 heavy (non-hydrogen) atoms. The van der Waals surface area contributed by atoms with Crippen molar-refractivity contribution in [2.24, 2.45) is 4.99 Å². The van der Waals surface area contributed by atoms with Gasteiger partial charge < -0.3 is 19.6 Å². The maximum Gasteiger partial charge on any atom is 0.181 e. The Hall–Kier alpha value is -2.97. The van der Waals surface area contributed by atoms with E-state index in [2.05, 4.69) is 44.1 Å². The SMILES string of the molecule is CCN(CC)CCN1[CH]C(O)Cc2cc(OC=Nc3ccc4n[nH]nc4c3)ccc21. The first kappa shape index (κ1) is 20.3. The van der Waals surface area contributed by atoms with Crippen LogP contribution in [-0.2, 0) is 6.42 Å². The molecule has 8 nitrogen and oxygen atoms in total. The summed E-state index contributed by atoms with van der Waals surface area (Å²) in [5, 5.41) is 21.0. The lowest BCUT2D eigenvalue weighted by molar-refractivity contribution is 0.198. The van der Waals surface area contributed by atoms with Crippen LogP contribution >= 0.6 is 0 Å². The number of nitrogens with one attached hydrogen (secondary N) is 1. The lowest BCUT2D eigenvalue weighted by Crippen LogP contribution is -2.39. The van der Waals surface area contributed by atoms with Crippen molar-refractivity contribution < 1.29 is 9.84 Å². The van der Waals surface area contributed by atoms with E-state index in [9.17, 15) is 5.11 Å². The van der Waals surface area contributed by atoms with Gasteiger partial charge in [0.2, 0.25) is 0 Å². The van der Waals surface area contributed by atoms with Crippen molar-refractivity contribution >= 4 is 28.8 Å². The Balaban J connectivity index is 1.43. The molecule has 1 radical (unpaired) electrons. The number of aliphatic hydroxyl groups is 1. The third-order valence-corrected chi connectivity index (χ3v) is 5.38. The summed E-state index contributed by atoms with van der Waals surface area (Å²) in [6, 6.07) is 11.5. The molecule has 1 unspecified atom stereocenters. The number of nitrogens with zero attached hydrogens (tertiary/aromatic N) is 5. The number of ether oxygens (including phenoxy) is 1. The predicted molar refractivity (Wildman–Crippen MR) is 118 cm³/mol. The lowest BCUT2D eigenvalue weighted by atomic mass is 9.99. The number of H-pyrrole nitrogens is 1. The molecule has 1 atom stereocenters. The van der Waals surface area contributed by atoms with Gasteiger partial charge in [-0.25, -0.2) is 4.99 Å². The topological polar surface area (TPSA) is 89.9 Å². The minimum atomic E-state index is -0.493. The molecule has 0 bridgehead atoms. The molecule has 1 aromatic heterocycles. The number of aliphatic imine (C=N–C) groups is 1. The first-order chi connectivity index (χ1) is 14.7. The minimum absolute atomic E-state index is 0.493. The maximum absolute atomic E-state index is 10.3. The van der Waals surface area contributed by atoms with E-state index in [-0.39, 0.29) is 0 Å². The molecule has 0 fully saturated rings. The van der Waals surface area contributed by atoms with E-state index in [1.54, 1.807) is 0 Å². The largest absolute Gasteiger partial charge is 0.446 e. The van der Waals surface area contributed by atoms with Crippen LogP contribution in [0.2, 0.25) is 0 Å². The summed E-state index contributed by atoms with van der Waals surface area (Å²) in [7, 11) is 0. The predicted octanol–water partition coefficient (Wildman–Crippen LogP) is 2.92. The molecular weight excluding hydrogens is 380 g/mol. The highest BCUT2D eigenvalue weighted by Gasteiger charge is 2.24. The van der Waals surface area contributed by atoms with Crippen LogP contribution in [0.5, 0.6) is 5.75 Å². The molecule has 0 spiro atoms. The molecule has 4 rings (SSSR count). The van der Waals surface area contributed by atoms with Crippen LogP contribution < -0.4 is 9.64 Å². The van der Waals surface area contributed by atoms with Crippen molar-refractivity contribution in [3.8, 4) is 5.75 Å². The van der Waals surface area contributed by atoms with Gasteiger partial charge in [-0.15, -0.1) is 0 Å². The van der Waals surface area contributed by atoms with Gasteiger partial charge in [-0.2, -0.15) is 15.4 Å². The first-order valence-electron chi connectivity index (χ1n) is 10.3. The first-order valence-corrected chi connectivity index (χ1v) is 10.3. The highest BCUT2D eigenvalue weighted by molar-refractivity contribution is 5.78. The summed E-state index contributed by atoms with van der Waals surface area (Å²) in [5.41, 5.74) is 4.48. The van der Waals surface area contributed by atoms with E-state index in [0.29, 0.717) is 12.2 Å². The fourth-order valence-electron chi connectivity index (χ4n) is 3.69. The van der Waals surface area contributed by atoms with Crippen molar-refractivity contribution in [3.63, 3.8) is 0 Å². The van der Waals surface area contributed by atoms with Crippen molar-refractivity contribution in [2.45, 2.75) is 26.4 Å². The summed E-state index contributed by atoms with van der Waals surface area (Å²) in [6.07, 6.45) is 1.51. The zero-order valence-corrected chi connectivity index (χ0v) is 17.3. The average molecular weight is 407 g/mol. The number of hydrogen-bond acceptors (Lipinski definition) is 7. The summed E-state index contributed by atoms with van der Waals surface area (Å²) in [6.45, 7) is 10.1. The number of aromatic nitrogens is 3. The molecule has 3 aromatic rings. The Morgan fingerprint density at radius 3 is 2.87 bits per heavy atom. The molecule has 1 aliphatic heterocycles. The van der Waals surface area contributed by atoms with E-state index in [0.717, 1.165) is 54.2 Å². The van der Waals surface area contributed by atoms with Crippen LogP contribution in [0.4, 0.5) is 11.4 Å². The number of likely N-dealkylation sites (N-methyl/N-ethyl adjacent to an activating group) is 1. The summed E-state index contributed by atoms with van der Waals surface area (Å²) < 4.78 is 5.72. The van der Waals surface area contributed by atoms with Gasteiger partial charge in [0, 0.05) is 25.2 Å². The maximum atomic E-state index is 10.3. The number of anilines is 1. The van der Waals surface area contributed by atoms with Crippen molar-refractivity contribution in [2.75, 3.05) is 31.1 Å². The van der Waals surface area contributed by atoms with E-state index in [1.807, 2.05) is 42.9 Å². The lowest BCUT2D eigenvalue weighted by Gasteiger charge is -2.35. The molecule has 1 aliphatic rings. The Labute approximate surface area is 176 Å². The highest BCUT2D eigenvalue weighted by atomic mass is 16.5. The van der Waals surface area contributed by atoms with Crippen LogP contribution in [0.25, 0.3) is 11.0 Å². The second-order valence-electron chi connectivity index (χ2n) is 7.28. The van der Waals surface area contributed by atoms with Crippen LogP contribution in [0, 0.1) is 6.54 Å². The smallest absolute Gasteiger partial charge is 0.181 e. The molecule has 0 saturated heterocycles. The number of aliphatic hydroxyl groups excluding tert-OH is 1. The molecule has 2 heterocycles. The average Bonchev–Trinajstić information content (AvgIpc) is 3.22. The van der Waals surface area contributed by atoms with E-state index in [4.69, 9.17) is 4.74 Å². The summed E-state index contributed by atoms with van der Waals surface area (Å²) in [4.78, 5) is 8.86. The number of hydrogen-bond donors (Lipinski definition) is 2. The normalized spacial score (nSPS) is 16.5. The van der Waals surface area contributed by atoms with Gasteiger partial charge in [0.25, 0.3) is 0 Å². The van der Waals surface area contributed by atoms with E-state index < -0.39 is 6.10 Å².